The summed E-state index contributed by atoms with van der Waals surface area (Å²) in [6.45, 7) is 9.23. The number of benzene rings is 8. The zero-order chi connectivity index (χ0) is 60.6. The molecule has 12 aromatic carbocycles. The van der Waals surface area contributed by atoms with Gasteiger partial charge < -0.3 is 42.5 Å². The molecule has 10 heteroatoms. The van der Waals surface area contributed by atoms with Gasteiger partial charge >= 0.3 is 83.7 Å². The first-order valence-electron chi connectivity index (χ1n) is 29.3. The molecule has 0 bridgehead atoms. The summed E-state index contributed by atoms with van der Waals surface area (Å²) in [5, 5.41) is 10.1. The molecule has 0 atom stereocenters. The maximum absolute atomic E-state index is 5.49. The van der Waals surface area contributed by atoms with E-state index in [-0.39, 0.29) is 35.7 Å². The number of fused-ring (bicyclic) bond motifs is 4. The standard InChI is InChI=1S/4C19H13O.2C2H6Si.2ClH.2Zr/c4*1-2-6-14(7-3-1)17-9-4-8-15-12-16(13-18(15)17)19-10-5-11-20-19;2*1-3-2;;;;/h4*1-13H;2*1-2H3;2*1H;;/q4*-1;;;;;2*+2/p-2. The third-order valence-corrected chi connectivity index (χ3v) is 14.6. The molecule has 0 aliphatic heterocycles. The molecule has 0 radical (unpaired) electrons. The van der Waals surface area contributed by atoms with Crippen LogP contribution in [0.5, 0.6) is 0 Å². The summed E-state index contributed by atoms with van der Waals surface area (Å²) in [7, 11) is 0. The van der Waals surface area contributed by atoms with Gasteiger partial charge in [0.05, 0.1) is 48.1 Å². The number of rotatable bonds is 8. The molecule has 0 spiro atoms. The largest absolute Gasteiger partial charge is 1.00 e. The van der Waals surface area contributed by atoms with Gasteiger partial charge in [0.1, 0.15) is 0 Å². The minimum atomic E-state index is 0. The predicted octanol–water partition coefficient (Wildman–Crippen LogP) is 17.5. The van der Waals surface area contributed by atoms with Gasteiger partial charge in [-0.15, -0.1) is 116 Å². The van der Waals surface area contributed by atoms with Crippen molar-refractivity contribution in [1.29, 1.82) is 0 Å². The van der Waals surface area contributed by atoms with Gasteiger partial charge in [-0.3, -0.25) is 0 Å². The first kappa shape index (κ1) is 66.5. The Balaban J connectivity index is 0.000000136. The number of halogens is 2. The third kappa shape index (κ3) is 16.9. The Hall–Kier alpha value is -7.90. The van der Waals surface area contributed by atoms with Crippen molar-refractivity contribution in [1.82, 2.24) is 0 Å². The Morgan fingerprint density at radius 1 is 0.256 bits per heavy atom. The van der Waals surface area contributed by atoms with Crippen LogP contribution in [0.15, 0.2) is 334 Å². The smallest absolute Gasteiger partial charge is 0.0796 e. The van der Waals surface area contributed by atoms with Gasteiger partial charge in [0.15, 0.2) is 0 Å². The summed E-state index contributed by atoms with van der Waals surface area (Å²) in [4.78, 5) is 0. The van der Waals surface area contributed by atoms with Crippen LogP contribution >= 0.6 is 0 Å². The van der Waals surface area contributed by atoms with Gasteiger partial charge in [-0.2, -0.15) is 0 Å². The molecular formula is C80H64Cl2O4Si2Zr2-2. The monoisotopic (exact) mass is 1390 g/mol. The van der Waals surface area contributed by atoms with Crippen LogP contribution in [0.3, 0.4) is 0 Å². The van der Waals surface area contributed by atoms with Crippen LogP contribution in [0.25, 0.3) is 133 Å². The van der Waals surface area contributed by atoms with Crippen molar-refractivity contribution in [2.45, 2.75) is 26.2 Å². The van der Waals surface area contributed by atoms with Crippen LogP contribution in [-0.4, -0.2) is 10.9 Å². The van der Waals surface area contributed by atoms with Crippen LogP contribution in [0, 0.1) is 0 Å². The fourth-order valence-electron chi connectivity index (χ4n) is 10.8. The summed E-state index contributed by atoms with van der Waals surface area (Å²) in [5.74, 6) is 3.67. The molecule has 90 heavy (non-hydrogen) atoms. The van der Waals surface area contributed by atoms with Crippen LogP contribution in [0.2, 0.25) is 26.2 Å². The van der Waals surface area contributed by atoms with Crippen LogP contribution in [0.4, 0.5) is 0 Å². The van der Waals surface area contributed by atoms with E-state index in [1.165, 1.54) is 87.6 Å². The van der Waals surface area contributed by atoms with E-state index in [1.54, 1.807) is 71.7 Å². The maximum atomic E-state index is 5.49. The quantitative estimate of drug-likeness (QED) is 0.112. The zero-order valence-electron chi connectivity index (χ0n) is 50.4. The normalized spacial score (nSPS) is 10.4. The van der Waals surface area contributed by atoms with Gasteiger partial charge in [-0.05, 0) is 46.5 Å². The van der Waals surface area contributed by atoms with Crippen LogP contribution < -0.4 is 24.8 Å². The van der Waals surface area contributed by atoms with Crippen molar-refractivity contribution < 1.29 is 89.2 Å². The summed E-state index contributed by atoms with van der Waals surface area (Å²) < 4.78 is 22.0. The Kier molecular flexibility index (Phi) is 24.2. The van der Waals surface area contributed by atoms with E-state index in [2.05, 4.69) is 245 Å². The van der Waals surface area contributed by atoms with Crippen LogP contribution in [0.1, 0.15) is 0 Å². The van der Waals surface area contributed by atoms with Gasteiger partial charge in [0.25, 0.3) is 0 Å². The van der Waals surface area contributed by atoms with Gasteiger partial charge in [0, 0.05) is 0 Å². The molecule has 4 heterocycles. The van der Waals surface area contributed by atoms with E-state index < -0.39 is 0 Å². The zero-order valence-corrected chi connectivity index (χ0v) is 58.8. The average molecular weight is 1400 g/mol. The molecule has 0 N–H and O–H groups in total. The summed E-state index contributed by atoms with van der Waals surface area (Å²) in [5.41, 5.74) is 15.0. The van der Waals surface area contributed by atoms with Gasteiger partial charge in [-0.1, -0.05) is 239 Å². The number of furan rings is 4. The van der Waals surface area contributed by atoms with E-state index in [4.69, 9.17) is 17.7 Å². The average Bonchev–Trinajstić information content (AvgIpc) is 1.86. The number of hydrogen-bond donors (Lipinski definition) is 0. The molecule has 440 valence electrons. The Labute approximate surface area is 569 Å². The maximum Gasteiger partial charge on any atom is 0.0796 e. The first-order chi connectivity index (χ1) is 43.1. The molecule has 16 rings (SSSR count). The number of hydrogen-bond acceptors (Lipinski definition) is 4. The van der Waals surface area contributed by atoms with E-state index in [0.717, 1.165) is 45.3 Å². The second-order valence-corrected chi connectivity index (χ2v) is 40.3. The fraction of sp³-hybridized carbons (Fsp3) is 0.0500. The molecule has 4 aromatic heterocycles. The first-order valence-corrected chi connectivity index (χ1v) is 41.7. The van der Waals surface area contributed by atoms with E-state index in [0.29, 0.717) is 0 Å². The summed E-state index contributed by atoms with van der Waals surface area (Å²) in [6, 6.07) is 101. The fourth-order valence-corrected chi connectivity index (χ4v) is 10.8. The molecule has 0 fully saturated rings. The van der Waals surface area contributed by atoms with Crippen molar-refractivity contribution in [3.05, 3.63) is 316 Å². The summed E-state index contributed by atoms with van der Waals surface area (Å²) >= 11 is 3.48. The molecule has 0 amide bonds. The minimum Gasteiger partial charge on any atom is -1.00 e. The van der Waals surface area contributed by atoms with Crippen molar-refractivity contribution in [3.8, 4) is 89.8 Å². The molecule has 0 unspecified atom stereocenters. The Bertz CT molecular complexity index is 4180. The molecule has 16 aromatic rings. The third-order valence-electron chi connectivity index (χ3n) is 14.6. The topological polar surface area (TPSA) is 52.6 Å². The Morgan fingerprint density at radius 3 is 0.633 bits per heavy atom. The molecule has 0 saturated carbocycles. The van der Waals surface area contributed by atoms with Crippen molar-refractivity contribution in [2.75, 3.05) is 0 Å². The van der Waals surface area contributed by atoms with Crippen molar-refractivity contribution >= 4 is 54.0 Å². The van der Waals surface area contributed by atoms with E-state index in [9.17, 15) is 0 Å². The van der Waals surface area contributed by atoms with Gasteiger partial charge in [-0.25, -0.2) is 0 Å². The van der Waals surface area contributed by atoms with Gasteiger partial charge in [0.2, 0.25) is 0 Å². The second kappa shape index (κ2) is 32.7. The molecule has 0 aliphatic rings. The predicted molar refractivity (Wildman–Crippen MR) is 366 cm³/mol. The van der Waals surface area contributed by atoms with Crippen molar-refractivity contribution in [2.24, 2.45) is 0 Å². The molecule has 0 saturated heterocycles. The van der Waals surface area contributed by atoms with Crippen molar-refractivity contribution in [3.63, 3.8) is 0 Å². The van der Waals surface area contributed by atoms with Crippen LogP contribution in [-0.2, 0) is 46.7 Å². The summed E-state index contributed by atoms with van der Waals surface area (Å²) in [6.07, 6.45) is 6.85. The SMILES string of the molecule is C[Si](C)=[Zr+2].C[Si](C)=[Zr+2].[Cl-].[Cl-].c1ccc(-c2cccc3[cH-]c(-c4ccco4)cc23)cc1.c1ccc(-c2cccc3[cH-]c(-c4ccco4)cc23)cc1.c1ccc(-c2cccc3[cH-]c(-c4ccco4)cc23)cc1.c1ccc(-c2cccc3[cH-]c(-c4ccco4)cc23)cc1. The Morgan fingerprint density at radius 2 is 0.456 bits per heavy atom. The van der Waals surface area contributed by atoms with E-state index >= 15 is 0 Å². The minimum absolute atomic E-state index is 0. The van der Waals surface area contributed by atoms with E-state index in [1.807, 2.05) is 72.8 Å². The molecule has 0 aliphatic carbocycles. The second-order valence-electron chi connectivity index (χ2n) is 21.6. The molecular weight excluding hydrogens is 1330 g/mol. The molecule has 4 nitrogen and oxygen atoms in total.